The molecule has 10 heteroatoms. The van der Waals surface area contributed by atoms with Crippen LogP contribution in [0, 0.1) is 17.2 Å². The molecule has 0 aliphatic carbocycles. The number of carbonyl (C=O) groups is 1. The van der Waals surface area contributed by atoms with Crippen molar-refractivity contribution in [3.05, 3.63) is 60.0 Å². The van der Waals surface area contributed by atoms with Gasteiger partial charge < -0.3 is 24.7 Å². The molecule has 2 saturated heterocycles. The van der Waals surface area contributed by atoms with E-state index in [1.807, 2.05) is 37.3 Å². The minimum Gasteiger partial charge on any atom is -0.463 e. The van der Waals surface area contributed by atoms with Crippen molar-refractivity contribution >= 4 is 17.3 Å². The second-order valence-corrected chi connectivity index (χ2v) is 9.41. The van der Waals surface area contributed by atoms with Crippen molar-refractivity contribution in [3.8, 4) is 6.07 Å². The van der Waals surface area contributed by atoms with Gasteiger partial charge in [-0.05, 0) is 38.0 Å². The third kappa shape index (κ3) is 4.01. The molecule has 3 aromatic rings. The van der Waals surface area contributed by atoms with Gasteiger partial charge in [0.15, 0.2) is 11.6 Å². The molecule has 2 aromatic heterocycles. The number of nitrogen functional groups attached to an aromatic ring is 1. The Kier molecular flexibility index (Phi) is 5.71. The standard InChI is InChI=1S/C25H27N5O5/c1-15(11-16-7-5-4-6-8-16)23(31)32-12-18-20-21(35-24(2,3)34-20)25(13-26,33-18)19-10-9-17-22(27)28-14-29-30(17)19/h4-10,14-15,18,20-21H,11-12H2,1-3H3,(H2,27,28,29)/t15-,18+,20+,21+,25-/m0/s1. The van der Waals surface area contributed by atoms with E-state index in [0.29, 0.717) is 17.6 Å². The summed E-state index contributed by atoms with van der Waals surface area (Å²) in [6.07, 6.45) is -0.261. The number of ether oxygens (including phenoxy) is 4. The topological polar surface area (TPSA) is 134 Å². The van der Waals surface area contributed by atoms with Crippen molar-refractivity contribution in [2.75, 3.05) is 12.3 Å². The molecule has 35 heavy (non-hydrogen) atoms. The molecule has 0 amide bonds. The lowest BCUT2D eigenvalue weighted by Gasteiger charge is -2.29. The molecule has 2 aliphatic heterocycles. The van der Waals surface area contributed by atoms with E-state index in [1.165, 1.54) is 10.8 Å². The van der Waals surface area contributed by atoms with Gasteiger partial charge in [0.25, 0.3) is 0 Å². The van der Waals surface area contributed by atoms with Crippen LogP contribution in [0.3, 0.4) is 0 Å². The summed E-state index contributed by atoms with van der Waals surface area (Å²) in [5.41, 5.74) is 6.46. The Morgan fingerprint density at radius 2 is 2.00 bits per heavy atom. The zero-order valence-electron chi connectivity index (χ0n) is 19.7. The lowest BCUT2D eigenvalue weighted by molar-refractivity contribution is -0.207. The maximum absolute atomic E-state index is 12.7. The predicted molar refractivity (Wildman–Crippen MR) is 124 cm³/mol. The first-order valence-electron chi connectivity index (χ1n) is 11.5. The number of nitrogens with two attached hydrogens (primary N) is 1. The molecule has 5 atom stereocenters. The van der Waals surface area contributed by atoms with Crippen LogP contribution in [0.2, 0.25) is 0 Å². The number of aromatic nitrogens is 3. The highest BCUT2D eigenvalue weighted by molar-refractivity contribution is 5.72. The van der Waals surface area contributed by atoms with Crippen molar-refractivity contribution in [1.82, 2.24) is 14.6 Å². The van der Waals surface area contributed by atoms with Gasteiger partial charge in [-0.2, -0.15) is 10.4 Å². The molecule has 2 N–H and O–H groups in total. The number of benzene rings is 1. The number of nitriles is 1. The normalized spacial score (nSPS) is 27.9. The first-order chi connectivity index (χ1) is 16.7. The van der Waals surface area contributed by atoms with E-state index in [-0.39, 0.29) is 24.3 Å². The predicted octanol–water partition coefficient (Wildman–Crippen LogP) is 2.37. The molecule has 2 aliphatic rings. The van der Waals surface area contributed by atoms with Gasteiger partial charge in [0.1, 0.15) is 42.8 Å². The van der Waals surface area contributed by atoms with E-state index in [2.05, 4.69) is 16.2 Å². The second-order valence-electron chi connectivity index (χ2n) is 9.41. The van der Waals surface area contributed by atoms with Crippen LogP contribution in [0.1, 0.15) is 32.0 Å². The van der Waals surface area contributed by atoms with Crippen molar-refractivity contribution < 1.29 is 23.7 Å². The van der Waals surface area contributed by atoms with Crippen LogP contribution in [0.4, 0.5) is 5.82 Å². The van der Waals surface area contributed by atoms with Crippen molar-refractivity contribution in [3.63, 3.8) is 0 Å². The molecule has 1 aromatic carbocycles. The van der Waals surface area contributed by atoms with E-state index in [9.17, 15) is 10.1 Å². The van der Waals surface area contributed by atoms with E-state index >= 15 is 0 Å². The molecular formula is C25H27N5O5. The summed E-state index contributed by atoms with van der Waals surface area (Å²) in [6.45, 7) is 5.29. The SMILES string of the molecule is C[C@@H](Cc1ccccc1)C(=O)OC[C@H]1O[C@@](C#N)(c2ccc3c(N)ncnn23)[C@@H]2OC(C)(C)O[C@@H]21. The zero-order chi connectivity index (χ0) is 24.8. The minimum atomic E-state index is -1.56. The van der Waals surface area contributed by atoms with Crippen LogP contribution in [0.5, 0.6) is 0 Å². The minimum absolute atomic E-state index is 0.0809. The fourth-order valence-corrected chi connectivity index (χ4v) is 4.82. The smallest absolute Gasteiger partial charge is 0.309 e. The molecule has 4 heterocycles. The monoisotopic (exact) mass is 477 g/mol. The largest absolute Gasteiger partial charge is 0.463 e. The van der Waals surface area contributed by atoms with E-state index < -0.39 is 29.7 Å². The highest BCUT2D eigenvalue weighted by Gasteiger charge is 2.65. The average molecular weight is 478 g/mol. The van der Waals surface area contributed by atoms with Crippen LogP contribution in [-0.4, -0.2) is 51.3 Å². The molecule has 0 bridgehead atoms. The second kappa shape index (κ2) is 8.61. The van der Waals surface area contributed by atoms with Gasteiger partial charge in [0, 0.05) is 0 Å². The number of fused-ring (bicyclic) bond motifs is 2. The van der Waals surface area contributed by atoms with Crippen LogP contribution in [0.25, 0.3) is 5.52 Å². The van der Waals surface area contributed by atoms with Gasteiger partial charge in [-0.25, -0.2) is 9.50 Å². The number of hydrogen-bond acceptors (Lipinski definition) is 9. The highest BCUT2D eigenvalue weighted by atomic mass is 16.8. The van der Waals surface area contributed by atoms with E-state index in [0.717, 1.165) is 5.56 Å². The Hall–Kier alpha value is -3.52. The third-order valence-electron chi connectivity index (χ3n) is 6.44. The van der Waals surface area contributed by atoms with Gasteiger partial charge in [0.2, 0.25) is 5.60 Å². The first-order valence-corrected chi connectivity index (χ1v) is 11.5. The maximum Gasteiger partial charge on any atom is 0.309 e. The number of anilines is 1. The van der Waals surface area contributed by atoms with Crippen molar-refractivity contribution in [1.29, 1.82) is 5.26 Å². The average Bonchev–Trinajstić information content (AvgIpc) is 3.49. The van der Waals surface area contributed by atoms with Crippen LogP contribution in [-0.2, 0) is 35.8 Å². The lowest BCUT2D eigenvalue weighted by Crippen LogP contribution is -2.40. The number of carbonyl (C=O) groups excluding carboxylic acids is 1. The summed E-state index contributed by atoms with van der Waals surface area (Å²) in [7, 11) is 0. The molecule has 0 unspecified atom stereocenters. The number of esters is 1. The molecule has 182 valence electrons. The van der Waals surface area contributed by atoms with Gasteiger partial charge in [-0.3, -0.25) is 4.79 Å². The van der Waals surface area contributed by atoms with E-state index in [4.69, 9.17) is 24.7 Å². The van der Waals surface area contributed by atoms with Crippen molar-refractivity contribution in [2.45, 2.75) is 56.9 Å². The summed E-state index contributed by atoms with van der Waals surface area (Å²) in [5, 5.41) is 14.6. The molecular weight excluding hydrogens is 450 g/mol. The molecule has 2 fully saturated rings. The van der Waals surface area contributed by atoms with Gasteiger partial charge in [-0.15, -0.1) is 0 Å². The van der Waals surface area contributed by atoms with Gasteiger partial charge >= 0.3 is 5.97 Å². The number of rotatable bonds is 6. The maximum atomic E-state index is 12.7. The van der Waals surface area contributed by atoms with Crippen LogP contribution >= 0.6 is 0 Å². The Morgan fingerprint density at radius 3 is 2.74 bits per heavy atom. The van der Waals surface area contributed by atoms with Gasteiger partial charge in [0.05, 0.1) is 11.6 Å². The third-order valence-corrected chi connectivity index (χ3v) is 6.44. The lowest BCUT2D eigenvalue weighted by atomic mass is 9.92. The number of hydrogen-bond donors (Lipinski definition) is 1. The molecule has 5 rings (SSSR count). The Bertz CT molecular complexity index is 1290. The van der Waals surface area contributed by atoms with E-state index in [1.54, 1.807) is 26.0 Å². The Balaban J connectivity index is 1.39. The van der Waals surface area contributed by atoms with Crippen LogP contribution < -0.4 is 5.73 Å². The van der Waals surface area contributed by atoms with Crippen molar-refractivity contribution in [2.24, 2.45) is 5.92 Å². The first kappa shape index (κ1) is 23.2. The van der Waals surface area contributed by atoms with Crippen LogP contribution in [0.15, 0.2) is 48.8 Å². The summed E-state index contributed by atoms with van der Waals surface area (Å²) in [4.78, 5) is 16.7. The molecule has 0 saturated carbocycles. The summed E-state index contributed by atoms with van der Waals surface area (Å²) >= 11 is 0. The molecule has 10 nitrogen and oxygen atoms in total. The summed E-state index contributed by atoms with van der Waals surface area (Å²) < 4.78 is 25.7. The fraction of sp³-hybridized carbons (Fsp3) is 0.440. The Morgan fingerprint density at radius 1 is 1.23 bits per heavy atom. The molecule has 0 spiro atoms. The molecule has 0 radical (unpaired) electrons. The number of nitrogens with zero attached hydrogens (tertiary/aromatic N) is 4. The summed E-state index contributed by atoms with van der Waals surface area (Å²) in [5.74, 6) is -1.38. The fourth-order valence-electron chi connectivity index (χ4n) is 4.82. The van der Waals surface area contributed by atoms with Gasteiger partial charge in [-0.1, -0.05) is 37.3 Å². The quantitative estimate of drug-likeness (QED) is 0.531. The summed E-state index contributed by atoms with van der Waals surface area (Å²) in [6, 6.07) is 15.5. The zero-order valence-corrected chi connectivity index (χ0v) is 19.7. The highest BCUT2D eigenvalue weighted by Crippen LogP contribution is 2.49. The Labute approximate surface area is 202 Å².